The largest absolute Gasteiger partial charge is 0.375 e. The van der Waals surface area contributed by atoms with E-state index >= 15 is 0 Å². The molecule has 1 aromatic rings. The molecule has 0 bridgehead atoms. The molecule has 2 rings (SSSR count). The Hall–Kier alpha value is -0.480. The molecule has 18 heavy (non-hydrogen) atoms. The van der Waals surface area contributed by atoms with Gasteiger partial charge in [0, 0.05) is 11.4 Å². The van der Waals surface area contributed by atoms with Crippen LogP contribution in [-0.4, -0.2) is 19.6 Å². The number of alkyl halides is 3. The molecule has 0 spiro atoms. The topological polar surface area (TPSA) is 9.23 Å². The fourth-order valence-electron chi connectivity index (χ4n) is 2.31. The third kappa shape index (κ3) is 3.75. The average Bonchev–Trinajstić information content (AvgIpc) is 2.81. The van der Waals surface area contributed by atoms with E-state index in [4.69, 9.17) is 4.74 Å². The zero-order chi connectivity index (χ0) is 13.0. The summed E-state index contributed by atoms with van der Waals surface area (Å²) in [5.74, 6) is 0. The lowest BCUT2D eigenvalue weighted by Crippen LogP contribution is -2.06. The van der Waals surface area contributed by atoms with Crippen molar-refractivity contribution in [2.24, 2.45) is 0 Å². The van der Waals surface area contributed by atoms with Crippen LogP contribution < -0.4 is 0 Å². The van der Waals surface area contributed by atoms with Crippen molar-refractivity contribution in [1.82, 2.24) is 0 Å². The van der Waals surface area contributed by atoms with Crippen LogP contribution in [0.5, 0.6) is 0 Å². The minimum absolute atomic E-state index is 0.182. The Balaban J connectivity index is 1.83. The molecule has 0 fully saturated rings. The predicted molar refractivity (Wildman–Crippen MR) is 71.6 cm³/mol. The van der Waals surface area contributed by atoms with E-state index in [1.165, 1.54) is 29.5 Å². The molecule has 1 aromatic carbocycles. The Morgan fingerprint density at radius 1 is 1.22 bits per heavy atom. The van der Waals surface area contributed by atoms with Crippen molar-refractivity contribution in [3.8, 4) is 0 Å². The summed E-state index contributed by atoms with van der Waals surface area (Å²) in [5.41, 5.74) is 4.11. The van der Waals surface area contributed by atoms with Crippen LogP contribution in [0, 0.1) is 0 Å². The van der Waals surface area contributed by atoms with Gasteiger partial charge in [-0.3, -0.25) is 0 Å². The quantitative estimate of drug-likeness (QED) is 0.562. The molecule has 4 heteroatoms. The monoisotopic (exact) mass is 318 g/mol. The number of hydrogen-bond donors (Lipinski definition) is 0. The van der Waals surface area contributed by atoms with Crippen molar-refractivity contribution in [3.63, 3.8) is 0 Å². The third-order valence-corrected chi connectivity index (χ3v) is 4.23. The van der Waals surface area contributed by atoms with E-state index in [1.54, 1.807) is 0 Å². The van der Waals surface area contributed by atoms with Crippen LogP contribution in [0.15, 0.2) is 18.2 Å². The van der Waals surface area contributed by atoms with Crippen LogP contribution in [0.3, 0.4) is 0 Å². The Kier molecular flexibility index (Phi) is 5.13. The standard InChI is InChI=1S/C14H17BrF2O/c15-13(6-7-18-9-14(16)17)12-5-4-10-2-1-3-11(10)8-12/h4-5,8,13-14H,1-3,6-7,9H2. The Bertz CT molecular complexity index is 395. The van der Waals surface area contributed by atoms with Crippen LogP contribution >= 0.6 is 15.9 Å². The first kappa shape index (κ1) is 13.9. The van der Waals surface area contributed by atoms with Gasteiger partial charge in [-0.25, -0.2) is 8.78 Å². The molecule has 0 N–H and O–H groups in total. The Morgan fingerprint density at radius 2 is 2.00 bits per heavy atom. The maximum Gasteiger partial charge on any atom is 0.261 e. The summed E-state index contributed by atoms with van der Waals surface area (Å²) in [5, 5.41) is 0. The van der Waals surface area contributed by atoms with E-state index in [9.17, 15) is 8.78 Å². The molecule has 0 heterocycles. The van der Waals surface area contributed by atoms with E-state index in [0.717, 1.165) is 6.42 Å². The van der Waals surface area contributed by atoms with Gasteiger partial charge in [-0.1, -0.05) is 34.1 Å². The van der Waals surface area contributed by atoms with Crippen LogP contribution in [-0.2, 0) is 17.6 Å². The number of rotatable bonds is 6. The van der Waals surface area contributed by atoms with E-state index in [0.29, 0.717) is 13.0 Å². The van der Waals surface area contributed by atoms with Gasteiger partial charge in [0.05, 0.1) is 0 Å². The molecule has 0 amide bonds. The number of fused-ring (bicyclic) bond motifs is 1. The van der Waals surface area contributed by atoms with Crippen LogP contribution in [0.2, 0.25) is 0 Å². The van der Waals surface area contributed by atoms with Gasteiger partial charge in [0.2, 0.25) is 0 Å². The first-order valence-corrected chi connectivity index (χ1v) is 7.20. The van der Waals surface area contributed by atoms with Crippen molar-refractivity contribution >= 4 is 15.9 Å². The third-order valence-electron chi connectivity index (χ3n) is 3.24. The second-order valence-electron chi connectivity index (χ2n) is 4.60. The van der Waals surface area contributed by atoms with Gasteiger partial charge in [0.1, 0.15) is 6.61 Å². The fourth-order valence-corrected chi connectivity index (χ4v) is 2.78. The normalized spacial score (nSPS) is 16.0. The molecule has 1 aliphatic carbocycles. The molecular formula is C14H17BrF2O. The molecule has 0 radical (unpaired) electrons. The number of ether oxygens (including phenoxy) is 1. The molecule has 0 aliphatic heterocycles. The van der Waals surface area contributed by atoms with Crippen LogP contribution in [0.4, 0.5) is 8.78 Å². The maximum atomic E-state index is 11.9. The molecule has 0 saturated heterocycles. The smallest absolute Gasteiger partial charge is 0.261 e. The van der Waals surface area contributed by atoms with E-state index in [2.05, 4.69) is 34.1 Å². The lowest BCUT2D eigenvalue weighted by molar-refractivity contribution is 0.0167. The lowest BCUT2D eigenvalue weighted by Gasteiger charge is -2.12. The lowest BCUT2D eigenvalue weighted by atomic mass is 10.0. The van der Waals surface area contributed by atoms with E-state index < -0.39 is 13.0 Å². The summed E-state index contributed by atoms with van der Waals surface area (Å²) in [4.78, 5) is 0.182. The van der Waals surface area contributed by atoms with Gasteiger partial charge >= 0.3 is 0 Å². The van der Waals surface area contributed by atoms with Gasteiger partial charge in [0.15, 0.2) is 0 Å². The minimum Gasteiger partial charge on any atom is -0.375 e. The van der Waals surface area contributed by atoms with Crippen molar-refractivity contribution in [2.45, 2.75) is 36.9 Å². The van der Waals surface area contributed by atoms with Gasteiger partial charge in [-0.15, -0.1) is 0 Å². The molecule has 1 unspecified atom stereocenters. The molecule has 1 aliphatic rings. The fraction of sp³-hybridized carbons (Fsp3) is 0.571. The summed E-state index contributed by atoms with van der Waals surface area (Å²) in [7, 11) is 0. The van der Waals surface area contributed by atoms with E-state index in [1.807, 2.05) is 0 Å². The molecular weight excluding hydrogens is 302 g/mol. The first-order chi connectivity index (χ1) is 8.66. The summed E-state index contributed by atoms with van der Waals surface area (Å²) >= 11 is 3.59. The molecule has 0 aromatic heterocycles. The number of hydrogen-bond acceptors (Lipinski definition) is 1. The average molecular weight is 319 g/mol. The Morgan fingerprint density at radius 3 is 2.78 bits per heavy atom. The SMILES string of the molecule is FC(F)COCCC(Br)c1ccc2c(c1)CCC2. The molecule has 1 nitrogen and oxygen atoms in total. The molecule has 0 saturated carbocycles. The van der Waals surface area contributed by atoms with Crippen molar-refractivity contribution in [3.05, 3.63) is 34.9 Å². The summed E-state index contributed by atoms with van der Waals surface area (Å²) in [6, 6.07) is 6.54. The summed E-state index contributed by atoms with van der Waals surface area (Å²) in [6.07, 6.45) is 1.92. The van der Waals surface area contributed by atoms with Gasteiger partial charge in [-0.05, 0) is 42.4 Å². The van der Waals surface area contributed by atoms with E-state index in [-0.39, 0.29) is 4.83 Å². The number of aryl methyl sites for hydroxylation is 2. The highest BCUT2D eigenvalue weighted by molar-refractivity contribution is 9.09. The second kappa shape index (κ2) is 6.62. The number of benzene rings is 1. The zero-order valence-corrected chi connectivity index (χ0v) is 11.8. The predicted octanol–water partition coefficient (Wildman–Crippen LogP) is 4.28. The minimum atomic E-state index is -2.38. The van der Waals surface area contributed by atoms with Gasteiger partial charge in [-0.2, -0.15) is 0 Å². The highest BCUT2D eigenvalue weighted by Crippen LogP contribution is 2.31. The van der Waals surface area contributed by atoms with Gasteiger partial charge in [0.25, 0.3) is 6.43 Å². The zero-order valence-electron chi connectivity index (χ0n) is 10.2. The molecule has 1 atom stereocenters. The maximum absolute atomic E-state index is 11.9. The number of halogens is 3. The van der Waals surface area contributed by atoms with Crippen LogP contribution in [0.1, 0.15) is 34.4 Å². The van der Waals surface area contributed by atoms with Crippen molar-refractivity contribution in [2.75, 3.05) is 13.2 Å². The summed E-state index contributed by atoms with van der Waals surface area (Å²) < 4.78 is 28.7. The Labute approximate surface area is 115 Å². The highest BCUT2D eigenvalue weighted by Gasteiger charge is 2.14. The van der Waals surface area contributed by atoms with Crippen LogP contribution in [0.25, 0.3) is 0 Å². The van der Waals surface area contributed by atoms with Crippen molar-refractivity contribution in [1.29, 1.82) is 0 Å². The molecule has 100 valence electrons. The van der Waals surface area contributed by atoms with Gasteiger partial charge < -0.3 is 4.74 Å². The highest BCUT2D eigenvalue weighted by atomic mass is 79.9. The second-order valence-corrected chi connectivity index (χ2v) is 5.71. The van der Waals surface area contributed by atoms with Crippen molar-refractivity contribution < 1.29 is 13.5 Å². The summed E-state index contributed by atoms with van der Waals surface area (Å²) in [6.45, 7) is -0.110. The first-order valence-electron chi connectivity index (χ1n) is 6.28.